The highest BCUT2D eigenvalue weighted by atomic mass is 15.3. The number of aromatic nitrogens is 1. The number of rotatable bonds is 2. The normalized spacial score (nSPS) is 22.1. The van der Waals surface area contributed by atoms with Crippen molar-refractivity contribution in [2.24, 2.45) is 5.92 Å². The number of fused-ring (bicyclic) bond motifs is 1. The van der Waals surface area contributed by atoms with Crippen molar-refractivity contribution in [2.45, 2.75) is 45.6 Å². The van der Waals surface area contributed by atoms with Gasteiger partial charge in [-0.2, -0.15) is 5.26 Å². The Morgan fingerprint density at radius 1 is 0.960 bits per heavy atom. The number of anilines is 2. The Morgan fingerprint density at radius 2 is 1.64 bits per heavy atom. The van der Waals surface area contributed by atoms with Crippen LogP contribution in [0.3, 0.4) is 0 Å². The molecule has 2 saturated heterocycles. The highest BCUT2D eigenvalue weighted by Gasteiger charge is 2.30. The molecule has 2 fully saturated rings. The van der Waals surface area contributed by atoms with Gasteiger partial charge in [0.2, 0.25) is 0 Å². The first kappa shape index (κ1) is 16.7. The summed E-state index contributed by atoms with van der Waals surface area (Å²) in [5, 5.41) is 9.94. The van der Waals surface area contributed by atoms with E-state index >= 15 is 0 Å². The van der Waals surface area contributed by atoms with E-state index in [0.717, 1.165) is 68.8 Å². The maximum atomic E-state index is 9.94. The maximum Gasteiger partial charge on any atom is 0.149 e. The van der Waals surface area contributed by atoms with Crippen LogP contribution in [0.1, 0.15) is 49.3 Å². The summed E-state index contributed by atoms with van der Waals surface area (Å²) in [5.74, 6) is 2.90. The summed E-state index contributed by atoms with van der Waals surface area (Å²) in [6.45, 7) is 8.54. The molecule has 0 saturated carbocycles. The minimum atomic E-state index is 0.783. The maximum absolute atomic E-state index is 9.94. The van der Waals surface area contributed by atoms with Crippen molar-refractivity contribution >= 4 is 11.6 Å². The van der Waals surface area contributed by atoms with Gasteiger partial charge in [0.05, 0.1) is 5.56 Å². The van der Waals surface area contributed by atoms with Crippen LogP contribution in [-0.4, -0.2) is 49.7 Å². The average Bonchev–Trinajstić information content (AvgIpc) is 3.15. The first-order valence-corrected chi connectivity index (χ1v) is 9.81. The zero-order valence-corrected chi connectivity index (χ0v) is 15.6. The van der Waals surface area contributed by atoms with Crippen LogP contribution in [0.15, 0.2) is 0 Å². The summed E-state index contributed by atoms with van der Waals surface area (Å²) in [6, 6.07) is 2.52. The fourth-order valence-electron chi connectivity index (χ4n) is 4.50. The summed E-state index contributed by atoms with van der Waals surface area (Å²) in [6.07, 6.45) is 5.87. The SMILES string of the molecule is CC1CCN(c2nc(N3CCCC3)c3c(c2C#N)CCN(C)C3)CC1. The van der Waals surface area contributed by atoms with Gasteiger partial charge in [-0.3, -0.25) is 0 Å². The van der Waals surface area contributed by atoms with E-state index in [1.54, 1.807) is 0 Å². The van der Waals surface area contributed by atoms with Crippen molar-refractivity contribution in [3.63, 3.8) is 0 Å². The molecule has 0 amide bonds. The second-order valence-corrected chi connectivity index (χ2v) is 8.05. The van der Waals surface area contributed by atoms with Crippen LogP contribution in [0, 0.1) is 17.2 Å². The zero-order valence-electron chi connectivity index (χ0n) is 15.6. The van der Waals surface area contributed by atoms with Gasteiger partial charge in [0.25, 0.3) is 0 Å². The molecule has 134 valence electrons. The Kier molecular flexibility index (Phi) is 4.56. The van der Waals surface area contributed by atoms with Crippen LogP contribution < -0.4 is 9.80 Å². The largest absolute Gasteiger partial charge is 0.356 e. The molecule has 0 aliphatic carbocycles. The molecule has 5 heteroatoms. The lowest BCUT2D eigenvalue weighted by molar-refractivity contribution is 0.312. The van der Waals surface area contributed by atoms with Crippen molar-refractivity contribution in [1.29, 1.82) is 5.26 Å². The van der Waals surface area contributed by atoms with Crippen LogP contribution in [0.5, 0.6) is 0 Å². The first-order valence-electron chi connectivity index (χ1n) is 9.81. The summed E-state index contributed by atoms with van der Waals surface area (Å²) in [4.78, 5) is 12.3. The molecule has 0 atom stereocenters. The molecule has 0 aromatic carbocycles. The number of hydrogen-bond donors (Lipinski definition) is 0. The molecule has 1 aromatic rings. The molecule has 5 nitrogen and oxygen atoms in total. The highest BCUT2D eigenvalue weighted by molar-refractivity contribution is 5.68. The van der Waals surface area contributed by atoms with Crippen LogP contribution in [0.25, 0.3) is 0 Å². The van der Waals surface area contributed by atoms with Crippen LogP contribution in [0.2, 0.25) is 0 Å². The predicted octanol–water partition coefficient (Wildman–Crippen LogP) is 2.78. The molecule has 0 N–H and O–H groups in total. The third-order valence-electron chi connectivity index (χ3n) is 6.14. The van der Waals surface area contributed by atoms with Gasteiger partial charge >= 0.3 is 0 Å². The number of hydrogen-bond acceptors (Lipinski definition) is 5. The molecule has 25 heavy (non-hydrogen) atoms. The molecule has 0 bridgehead atoms. The molecule has 1 aromatic heterocycles. The van der Waals surface area contributed by atoms with E-state index in [9.17, 15) is 5.26 Å². The van der Waals surface area contributed by atoms with Gasteiger partial charge in [0.15, 0.2) is 0 Å². The van der Waals surface area contributed by atoms with Crippen LogP contribution >= 0.6 is 0 Å². The minimum Gasteiger partial charge on any atom is -0.356 e. The Bertz CT molecular complexity index is 678. The van der Waals surface area contributed by atoms with Gasteiger partial charge in [-0.05, 0) is 50.6 Å². The van der Waals surface area contributed by atoms with Gasteiger partial charge in [0, 0.05) is 44.8 Å². The average molecular weight is 339 g/mol. The second-order valence-electron chi connectivity index (χ2n) is 8.05. The van der Waals surface area contributed by atoms with Gasteiger partial charge in [-0.1, -0.05) is 6.92 Å². The summed E-state index contributed by atoms with van der Waals surface area (Å²) in [7, 11) is 2.17. The van der Waals surface area contributed by atoms with E-state index in [0.29, 0.717) is 0 Å². The quantitative estimate of drug-likeness (QED) is 0.829. The van der Waals surface area contributed by atoms with Crippen LogP contribution in [0.4, 0.5) is 11.6 Å². The van der Waals surface area contributed by atoms with Gasteiger partial charge in [0.1, 0.15) is 17.7 Å². The van der Waals surface area contributed by atoms with Crippen molar-refractivity contribution in [1.82, 2.24) is 9.88 Å². The molecule has 4 rings (SSSR count). The minimum absolute atomic E-state index is 0.783. The Morgan fingerprint density at radius 3 is 2.32 bits per heavy atom. The molecule has 0 spiro atoms. The molecule has 3 aliphatic rings. The summed E-state index contributed by atoms with van der Waals surface area (Å²) in [5.41, 5.74) is 3.42. The number of nitriles is 1. The molecular weight excluding hydrogens is 310 g/mol. The number of piperidine rings is 1. The smallest absolute Gasteiger partial charge is 0.149 e. The van der Waals surface area contributed by atoms with Gasteiger partial charge in [-0.15, -0.1) is 0 Å². The lowest BCUT2D eigenvalue weighted by atomic mass is 9.94. The first-order chi connectivity index (χ1) is 12.2. The number of likely N-dealkylation sites (N-methyl/N-ethyl adjacent to an activating group) is 1. The molecule has 4 heterocycles. The van der Waals surface area contributed by atoms with E-state index in [2.05, 4.69) is 34.7 Å². The lowest BCUT2D eigenvalue weighted by Crippen LogP contribution is -2.36. The third-order valence-corrected chi connectivity index (χ3v) is 6.14. The van der Waals surface area contributed by atoms with Crippen molar-refractivity contribution in [2.75, 3.05) is 49.6 Å². The number of nitrogens with zero attached hydrogens (tertiary/aromatic N) is 5. The fourth-order valence-corrected chi connectivity index (χ4v) is 4.50. The topological polar surface area (TPSA) is 46.4 Å². The van der Waals surface area contributed by atoms with Crippen molar-refractivity contribution < 1.29 is 0 Å². The monoisotopic (exact) mass is 339 g/mol. The highest BCUT2D eigenvalue weighted by Crippen LogP contribution is 2.37. The van der Waals surface area contributed by atoms with E-state index in [-0.39, 0.29) is 0 Å². The van der Waals surface area contributed by atoms with E-state index in [4.69, 9.17) is 4.98 Å². The molecule has 0 unspecified atom stereocenters. The summed E-state index contributed by atoms with van der Waals surface area (Å²) >= 11 is 0. The Hall–Kier alpha value is -1.80. The fraction of sp³-hybridized carbons (Fsp3) is 0.700. The summed E-state index contributed by atoms with van der Waals surface area (Å²) < 4.78 is 0. The van der Waals surface area contributed by atoms with E-state index in [1.807, 2.05) is 0 Å². The van der Waals surface area contributed by atoms with E-state index in [1.165, 1.54) is 36.8 Å². The predicted molar refractivity (Wildman–Crippen MR) is 101 cm³/mol. The Balaban J connectivity index is 1.80. The lowest BCUT2D eigenvalue weighted by Gasteiger charge is -2.36. The van der Waals surface area contributed by atoms with Crippen molar-refractivity contribution in [3.8, 4) is 6.07 Å². The van der Waals surface area contributed by atoms with Crippen molar-refractivity contribution in [3.05, 3.63) is 16.7 Å². The van der Waals surface area contributed by atoms with Gasteiger partial charge < -0.3 is 14.7 Å². The Labute approximate surface area is 151 Å². The third kappa shape index (κ3) is 3.08. The molecule has 0 radical (unpaired) electrons. The molecular formula is C20H29N5. The standard InChI is InChI=1S/C20H29N5/c1-15-5-11-25(12-6-15)19-17(13-21)16-7-10-23(2)14-18(16)20(22-19)24-8-3-4-9-24/h15H,3-12,14H2,1-2H3. The zero-order chi connectivity index (χ0) is 17.4. The van der Waals surface area contributed by atoms with E-state index < -0.39 is 0 Å². The van der Waals surface area contributed by atoms with Gasteiger partial charge in [-0.25, -0.2) is 4.98 Å². The number of pyridine rings is 1. The van der Waals surface area contributed by atoms with Crippen LogP contribution in [-0.2, 0) is 13.0 Å². The second kappa shape index (κ2) is 6.84. The molecule has 3 aliphatic heterocycles.